The maximum atomic E-state index is 12.9. The van der Waals surface area contributed by atoms with Gasteiger partial charge in [-0.15, -0.1) is 0 Å². The Hall–Kier alpha value is -2.82. The van der Waals surface area contributed by atoms with Gasteiger partial charge in [-0.25, -0.2) is 4.39 Å². The van der Waals surface area contributed by atoms with Crippen molar-refractivity contribution in [3.05, 3.63) is 59.6 Å². The summed E-state index contributed by atoms with van der Waals surface area (Å²) in [4.78, 5) is 12.4. The fourth-order valence-electron chi connectivity index (χ4n) is 2.12. The second kappa shape index (κ2) is 4.94. The molecule has 0 aliphatic rings. The van der Waals surface area contributed by atoms with Crippen LogP contribution in [0.25, 0.3) is 11.0 Å². The van der Waals surface area contributed by atoms with E-state index in [0.29, 0.717) is 22.3 Å². The molecule has 0 saturated heterocycles. The van der Waals surface area contributed by atoms with Crippen molar-refractivity contribution >= 4 is 22.4 Å². The number of methoxy groups -OCH3 is 1. The lowest BCUT2D eigenvalue weighted by molar-refractivity contribution is 0.101. The number of fused-ring (bicyclic) bond motifs is 1. The molecule has 3 rings (SSSR count). The van der Waals surface area contributed by atoms with Crippen molar-refractivity contribution in [3.63, 3.8) is 0 Å². The predicted molar refractivity (Wildman–Crippen MR) is 77.0 cm³/mol. The Bertz CT molecular complexity index is 821. The molecule has 0 unspecified atom stereocenters. The van der Waals surface area contributed by atoms with Gasteiger partial charge in [0.15, 0.2) is 5.76 Å². The predicted octanol–water partition coefficient (Wildman–Crippen LogP) is 3.39. The summed E-state index contributed by atoms with van der Waals surface area (Å²) >= 11 is 0. The Morgan fingerprint density at radius 3 is 2.57 bits per heavy atom. The van der Waals surface area contributed by atoms with E-state index in [-0.39, 0.29) is 17.2 Å². The van der Waals surface area contributed by atoms with Gasteiger partial charge >= 0.3 is 0 Å². The molecule has 3 aromatic rings. The molecule has 4 nitrogen and oxygen atoms in total. The molecule has 2 aromatic carbocycles. The maximum Gasteiger partial charge on any atom is 0.230 e. The number of nitrogen functional groups attached to an aromatic ring is 1. The lowest BCUT2D eigenvalue weighted by Crippen LogP contribution is -2.03. The number of carbonyl (C=O) groups is 1. The first-order chi connectivity index (χ1) is 10.1. The third-order valence-electron chi connectivity index (χ3n) is 3.25. The van der Waals surface area contributed by atoms with Crippen molar-refractivity contribution in [2.75, 3.05) is 12.8 Å². The number of benzene rings is 2. The minimum Gasteiger partial charge on any atom is -0.497 e. The first-order valence-corrected chi connectivity index (χ1v) is 6.26. The molecule has 2 N–H and O–H groups in total. The molecule has 21 heavy (non-hydrogen) atoms. The average molecular weight is 285 g/mol. The van der Waals surface area contributed by atoms with Gasteiger partial charge in [0.1, 0.15) is 17.1 Å². The molecular weight excluding hydrogens is 273 g/mol. The van der Waals surface area contributed by atoms with Crippen molar-refractivity contribution in [2.24, 2.45) is 0 Å². The molecule has 0 fully saturated rings. The van der Waals surface area contributed by atoms with Gasteiger partial charge in [0.05, 0.1) is 12.8 Å². The molecule has 0 aliphatic carbocycles. The molecule has 0 radical (unpaired) electrons. The topological polar surface area (TPSA) is 65.5 Å². The lowest BCUT2D eigenvalue weighted by Gasteiger charge is -1.99. The van der Waals surface area contributed by atoms with E-state index in [4.69, 9.17) is 14.9 Å². The first kappa shape index (κ1) is 13.2. The zero-order chi connectivity index (χ0) is 15.0. The summed E-state index contributed by atoms with van der Waals surface area (Å²) in [6.45, 7) is 0. The third-order valence-corrected chi connectivity index (χ3v) is 3.25. The number of ether oxygens (including phenoxy) is 1. The Balaban J connectivity index is 2.09. The molecule has 0 aliphatic heterocycles. The summed E-state index contributed by atoms with van der Waals surface area (Å²) in [5.74, 6) is -0.128. The molecule has 106 valence electrons. The highest BCUT2D eigenvalue weighted by atomic mass is 19.1. The zero-order valence-electron chi connectivity index (χ0n) is 11.2. The van der Waals surface area contributed by atoms with E-state index < -0.39 is 5.82 Å². The van der Waals surface area contributed by atoms with Gasteiger partial charge in [0, 0.05) is 10.9 Å². The lowest BCUT2D eigenvalue weighted by atomic mass is 10.1. The molecule has 0 amide bonds. The van der Waals surface area contributed by atoms with Gasteiger partial charge in [-0.05, 0) is 42.5 Å². The highest BCUT2D eigenvalue weighted by molar-refractivity contribution is 6.14. The molecule has 5 heteroatoms. The summed E-state index contributed by atoms with van der Waals surface area (Å²) in [6.07, 6.45) is 0. The number of furan rings is 1. The zero-order valence-corrected chi connectivity index (χ0v) is 11.2. The van der Waals surface area contributed by atoms with Gasteiger partial charge in [-0.1, -0.05) is 0 Å². The van der Waals surface area contributed by atoms with Crippen LogP contribution in [0.4, 0.5) is 10.1 Å². The number of nitrogens with two attached hydrogens (primary N) is 1. The van der Waals surface area contributed by atoms with Gasteiger partial charge < -0.3 is 14.9 Å². The van der Waals surface area contributed by atoms with Crippen LogP contribution in [0.1, 0.15) is 16.1 Å². The van der Waals surface area contributed by atoms with Gasteiger partial charge in [-0.3, -0.25) is 4.79 Å². The largest absolute Gasteiger partial charge is 0.497 e. The first-order valence-electron chi connectivity index (χ1n) is 6.26. The number of halogens is 1. The minimum absolute atomic E-state index is 0.0462. The molecule has 0 atom stereocenters. The standard InChI is InChI=1S/C16H12FNO3/c1-20-11-6-7-13-12(8-11)14(18)16(21-13)15(19)9-2-4-10(17)5-3-9/h2-8H,18H2,1H3. The summed E-state index contributed by atoms with van der Waals surface area (Å²) in [6, 6.07) is 10.3. The normalized spacial score (nSPS) is 10.8. The van der Waals surface area contributed by atoms with Crippen LogP contribution in [0.15, 0.2) is 46.9 Å². The van der Waals surface area contributed by atoms with E-state index in [9.17, 15) is 9.18 Å². The second-order valence-corrected chi connectivity index (χ2v) is 4.54. The number of hydrogen-bond acceptors (Lipinski definition) is 4. The molecule has 1 heterocycles. The van der Waals surface area contributed by atoms with Crippen LogP contribution in [0.2, 0.25) is 0 Å². The SMILES string of the molecule is COc1ccc2oc(C(=O)c3ccc(F)cc3)c(N)c2c1. The van der Waals surface area contributed by atoms with E-state index in [1.807, 2.05) is 0 Å². The van der Waals surface area contributed by atoms with Crippen LogP contribution in [-0.4, -0.2) is 12.9 Å². The number of hydrogen-bond donors (Lipinski definition) is 1. The molecule has 0 bridgehead atoms. The fourth-order valence-corrected chi connectivity index (χ4v) is 2.12. The Morgan fingerprint density at radius 2 is 1.90 bits per heavy atom. The van der Waals surface area contributed by atoms with Crippen LogP contribution in [-0.2, 0) is 0 Å². The van der Waals surface area contributed by atoms with E-state index in [1.165, 1.54) is 24.3 Å². The monoisotopic (exact) mass is 285 g/mol. The summed E-state index contributed by atoms with van der Waals surface area (Å²) in [7, 11) is 1.54. The van der Waals surface area contributed by atoms with Crippen LogP contribution in [0, 0.1) is 5.82 Å². The van der Waals surface area contributed by atoms with Crippen molar-refractivity contribution in [1.82, 2.24) is 0 Å². The van der Waals surface area contributed by atoms with Gasteiger partial charge in [0.25, 0.3) is 0 Å². The van der Waals surface area contributed by atoms with Crippen molar-refractivity contribution in [2.45, 2.75) is 0 Å². The van der Waals surface area contributed by atoms with Crippen molar-refractivity contribution in [1.29, 1.82) is 0 Å². The van der Waals surface area contributed by atoms with E-state index >= 15 is 0 Å². The smallest absolute Gasteiger partial charge is 0.230 e. The van der Waals surface area contributed by atoms with Crippen LogP contribution in [0.5, 0.6) is 5.75 Å². The number of ketones is 1. The highest BCUT2D eigenvalue weighted by Crippen LogP contribution is 2.32. The molecular formula is C16H12FNO3. The van der Waals surface area contributed by atoms with Crippen molar-refractivity contribution < 1.29 is 18.3 Å². The van der Waals surface area contributed by atoms with Gasteiger partial charge in [0.2, 0.25) is 5.78 Å². The fraction of sp³-hybridized carbons (Fsp3) is 0.0625. The maximum absolute atomic E-state index is 12.9. The minimum atomic E-state index is -0.408. The van der Waals surface area contributed by atoms with Crippen LogP contribution >= 0.6 is 0 Å². The quantitative estimate of drug-likeness (QED) is 0.749. The van der Waals surface area contributed by atoms with Crippen LogP contribution in [0.3, 0.4) is 0 Å². The Kier molecular flexibility index (Phi) is 3.10. The number of carbonyl (C=O) groups excluding carboxylic acids is 1. The van der Waals surface area contributed by atoms with E-state index in [0.717, 1.165) is 0 Å². The van der Waals surface area contributed by atoms with Crippen LogP contribution < -0.4 is 10.5 Å². The van der Waals surface area contributed by atoms with Gasteiger partial charge in [-0.2, -0.15) is 0 Å². The van der Waals surface area contributed by atoms with E-state index in [1.54, 1.807) is 25.3 Å². The summed E-state index contributed by atoms with van der Waals surface area (Å²) in [5, 5.41) is 0.611. The summed E-state index contributed by atoms with van der Waals surface area (Å²) < 4.78 is 23.6. The number of anilines is 1. The Labute approximate surface area is 119 Å². The molecule has 0 spiro atoms. The molecule has 0 saturated carbocycles. The average Bonchev–Trinajstić information content (AvgIpc) is 2.84. The van der Waals surface area contributed by atoms with E-state index in [2.05, 4.69) is 0 Å². The summed E-state index contributed by atoms with van der Waals surface area (Å²) in [5.41, 5.74) is 7.05. The van der Waals surface area contributed by atoms with Crippen molar-refractivity contribution in [3.8, 4) is 5.75 Å². The highest BCUT2D eigenvalue weighted by Gasteiger charge is 2.20. The molecule has 1 aromatic heterocycles. The Morgan fingerprint density at radius 1 is 1.19 bits per heavy atom. The number of rotatable bonds is 3. The second-order valence-electron chi connectivity index (χ2n) is 4.54. The third kappa shape index (κ3) is 2.23.